The third-order valence-corrected chi connectivity index (χ3v) is 5.00. The van der Waals surface area contributed by atoms with Crippen molar-refractivity contribution in [3.05, 3.63) is 58.1 Å². The van der Waals surface area contributed by atoms with Gasteiger partial charge in [0.15, 0.2) is 5.58 Å². The zero-order chi connectivity index (χ0) is 21.3. The average Bonchev–Trinajstić information content (AvgIpc) is 3.35. The Balaban J connectivity index is 1.51. The summed E-state index contributed by atoms with van der Waals surface area (Å²) in [5.41, 5.74) is 1.36. The van der Waals surface area contributed by atoms with Crippen molar-refractivity contribution in [1.82, 2.24) is 10.3 Å². The van der Waals surface area contributed by atoms with E-state index in [1.54, 1.807) is 18.2 Å². The lowest BCUT2D eigenvalue weighted by Gasteiger charge is -2.23. The molecule has 30 heavy (non-hydrogen) atoms. The molecule has 2 aromatic carbocycles. The van der Waals surface area contributed by atoms with Gasteiger partial charge in [-0.15, -0.1) is 0 Å². The van der Waals surface area contributed by atoms with E-state index in [1.165, 1.54) is 6.07 Å². The number of nitrogens with one attached hydrogen (secondary N) is 3. The number of amides is 2. The number of urea groups is 1. The summed E-state index contributed by atoms with van der Waals surface area (Å²) in [4.78, 5) is 28.1. The molecule has 3 aromatic rings. The monoisotopic (exact) mass is 420 g/mol. The number of benzene rings is 2. The number of fused-ring (bicyclic) bond motifs is 1. The first-order valence-electron chi connectivity index (χ1n) is 9.43. The van der Waals surface area contributed by atoms with Crippen LogP contribution in [0.2, 0.25) is 0 Å². The molecule has 1 aliphatic rings. The number of oxazole rings is 1. The van der Waals surface area contributed by atoms with Crippen LogP contribution in [-0.2, 0) is 12.7 Å². The van der Waals surface area contributed by atoms with Crippen LogP contribution in [0.1, 0.15) is 24.0 Å². The molecule has 3 N–H and O–H groups in total. The van der Waals surface area contributed by atoms with Gasteiger partial charge in [-0.25, -0.2) is 9.59 Å². The van der Waals surface area contributed by atoms with Crippen molar-refractivity contribution in [2.45, 2.75) is 25.6 Å². The number of aromatic nitrogens is 1. The van der Waals surface area contributed by atoms with Crippen LogP contribution in [0, 0.1) is 0 Å². The summed E-state index contributed by atoms with van der Waals surface area (Å²) in [5, 5.41) is 5.28. The van der Waals surface area contributed by atoms with Gasteiger partial charge in [0.05, 0.1) is 11.3 Å². The minimum Gasteiger partial charge on any atom is -0.408 e. The lowest BCUT2D eigenvalue weighted by molar-refractivity contribution is -0.137. The maximum Gasteiger partial charge on any atom is 0.417 e. The van der Waals surface area contributed by atoms with Gasteiger partial charge in [0.2, 0.25) is 0 Å². The van der Waals surface area contributed by atoms with Crippen LogP contribution in [0.15, 0.2) is 45.6 Å². The molecular weight excluding hydrogens is 401 g/mol. The number of rotatable bonds is 4. The van der Waals surface area contributed by atoms with Crippen LogP contribution in [0.4, 0.5) is 29.3 Å². The number of hydrogen-bond acceptors (Lipinski definition) is 4. The number of carbonyl (C=O) groups excluding carboxylic acids is 1. The van der Waals surface area contributed by atoms with Gasteiger partial charge in [0, 0.05) is 25.3 Å². The highest BCUT2D eigenvalue weighted by molar-refractivity contribution is 5.98. The Morgan fingerprint density at radius 2 is 1.93 bits per heavy atom. The predicted octanol–water partition coefficient (Wildman–Crippen LogP) is 4.06. The van der Waals surface area contributed by atoms with Crippen molar-refractivity contribution in [2.75, 3.05) is 23.3 Å². The molecule has 2 amide bonds. The first-order chi connectivity index (χ1) is 14.3. The van der Waals surface area contributed by atoms with Crippen LogP contribution >= 0.6 is 0 Å². The third kappa shape index (κ3) is 4.12. The van der Waals surface area contributed by atoms with Crippen molar-refractivity contribution in [1.29, 1.82) is 0 Å². The van der Waals surface area contributed by atoms with Crippen LogP contribution < -0.4 is 21.3 Å². The summed E-state index contributed by atoms with van der Waals surface area (Å²) in [6.45, 7) is 1.40. The van der Waals surface area contributed by atoms with Gasteiger partial charge in [0.1, 0.15) is 5.52 Å². The smallest absolute Gasteiger partial charge is 0.408 e. The number of nitrogens with zero attached hydrogens (tertiary/aromatic N) is 1. The molecule has 0 bridgehead atoms. The second-order valence-corrected chi connectivity index (χ2v) is 7.04. The first-order valence-corrected chi connectivity index (χ1v) is 9.43. The molecule has 2 heterocycles. The maximum absolute atomic E-state index is 13.1. The molecule has 1 aliphatic heterocycles. The van der Waals surface area contributed by atoms with E-state index in [2.05, 4.69) is 15.6 Å². The van der Waals surface area contributed by atoms with Gasteiger partial charge in [-0.05, 0) is 42.7 Å². The van der Waals surface area contributed by atoms with Crippen molar-refractivity contribution >= 4 is 28.5 Å². The van der Waals surface area contributed by atoms with Crippen LogP contribution in [0.25, 0.3) is 11.1 Å². The number of H-pyrrole nitrogens is 1. The summed E-state index contributed by atoms with van der Waals surface area (Å²) < 4.78 is 44.4. The van der Waals surface area contributed by atoms with E-state index in [4.69, 9.17) is 4.42 Å². The number of halogens is 3. The van der Waals surface area contributed by atoms with Gasteiger partial charge < -0.3 is 20.0 Å². The molecule has 1 fully saturated rings. The largest absolute Gasteiger partial charge is 0.417 e. The SMILES string of the molecule is O=C(NCc1ccc(C(F)(F)F)cc1N1CCCC1)Nc1cccc2oc(=O)[nH]c12. The molecule has 1 aromatic heterocycles. The molecule has 0 saturated carbocycles. The molecule has 0 aliphatic carbocycles. The normalized spacial score (nSPS) is 14.3. The molecule has 10 heteroatoms. The number of carbonyl (C=O) groups is 1. The quantitative estimate of drug-likeness (QED) is 0.594. The van der Waals surface area contributed by atoms with Crippen molar-refractivity contribution < 1.29 is 22.4 Å². The zero-order valence-electron chi connectivity index (χ0n) is 15.8. The average molecular weight is 420 g/mol. The summed E-state index contributed by atoms with van der Waals surface area (Å²) >= 11 is 0. The van der Waals surface area contributed by atoms with E-state index in [9.17, 15) is 22.8 Å². The van der Waals surface area contributed by atoms with Gasteiger partial charge in [0.25, 0.3) is 0 Å². The molecule has 7 nitrogen and oxygen atoms in total. The molecular formula is C20H19F3N4O3. The Morgan fingerprint density at radius 1 is 1.17 bits per heavy atom. The molecule has 1 saturated heterocycles. The zero-order valence-corrected chi connectivity index (χ0v) is 15.8. The van der Waals surface area contributed by atoms with Gasteiger partial charge >= 0.3 is 18.0 Å². The second kappa shape index (κ2) is 7.77. The van der Waals surface area contributed by atoms with E-state index < -0.39 is 23.5 Å². The van der Waals surface area contributed by atoms with E-state index in [0.717, 1.165) is 25.0 Å². The van der Waals surface area contributed by atoms with Gasteiger partial charge in [-0.1, -0.05) is 12.1 Å². The van der Waals surface area contributed by atoms with Crippen molar-refractivity contribution in [3.63, 3.8) is 0 Å². The number of para-hydroxylation sites is 1. The molecule has 0 atom stereocenters. The van der Waals surface area contributed by atoms with Crippen molar-refractivity contribution in [2.24, 2.45) is 0 Å². The minimum absolute atomic E-state index is 0.0493. The highest BCUT2D eigenvalue weighted by Gasteiger charge is 2.32. The topological polar surface area (TPSA) is 90.4 Å². The standard InChI is InChI=1S/C20H19F3N4O3/c21-20(22,23)13-7-6-12(15(10-13)27-8-1-2-9-27)11-24-18(28)25-14-4-3-5-16-17(14)26-19(29)30-16/h3-7,10H,1-2,8-9,11H2,(H,26,29)(H2,24,25,28). The van der Waals surface area contributed by atoms with Crippen LogP contribution in [-0.4, -0.2) is 24.1 Å². The Labute approximate surface area is 168 Å². The fourth-order valence-electron chi connectivity index (χ4n) is 3.56. The lowest BCUT2D eigenvalue weighted by Crippen LogP contribution is -2.29. The summed E-state index contributed by atoms with van der Waals surface area (Å²) in [6, 6.07) is 7.79. The number of anilines is 2. The van der Waals surface area contributed by atoms with Crippen LogP contribution in [0.3, 0.4) is 0 Å². The Bertz CT molecular complexity index is 1130. The number of aromatic amines is 1. The predicted molar refractivity (Wildman–Crippen MR) is 106 cm³/mol. The van der Waals surface area contributed by atoms with Crippen molar-refractivity contribution in [3.8, 4) is 0 Å². The first kappa shape index (κ1) is 19.9. The molecule has 0 unspecified atom stereocenters. The second-order valence-electron chi connectivity index (χ2n) is 7.04. The maximum atomic E-state index is 13.1. The summed E-state index contributed by atoms with van der Waals surface area (Å²) in [6.07, 6.45) is -2.61. The van der Waals surface area contributed by atoms with Crippen LogP contribution in [0.5, 0.6) is 0 Å². The van der Waals surface area contributed by atoms with E-state index in [0.29, 0.717) is 41.1 Å². The summed E-state index contributed by atoms with van der Waals surface area (Å²) in [7, 11) is 0. The minimum atomic E-state index is -4.43. The van der Waals surface area contributed by atoms with E-state index in [1.807, 2.05) is 4.90 Å². The van der Waals surface area contributed by atoms with Gasteiger partial charge in [-0.3, -0.25) is 4.98 Å². The van der Waals surface area contributed by atoms with Gasteiger partial charge in [-0.2, -0.15) is 13.2 Å². The highest BCUT2D eigenvalue weighted by Crippen LogP contribution is 2.34. The third-order valence-electron chi connectivity index (χ3n) is 5.00. The molecule has 4 rings (SSSR count). The Kier molecular flexibility index (Phi) is 5.15. The molecule has 0 spiro atoms. The highest BCUT2D eigenvalue weighted by atomic mass is 19.4. The molecule has 158 valence electrons. The fourth-order valence-corrected chi connectivity index (χ4v) is 3.56. The number of hydrogen-bond donors (Lipinski definition) is 3. The lowest BCUT2D eigenvalue weighted by atomic mass is 10.1. The number of alkyl halides is 3. The fraction of sp³-hybridized carbons (Fsp3) is 0.300. The summed E-state index contributed by atoms with van der Waals surface area (Å²) in [5.74, 6) is -0.639. The van der Waals surface area contributed by atoms with E-state index >= 15 is 0 Å². The Morgan fingerprint density at radius 3 is 2.67 bits per heavy atom. The van der Waals surface area contributed by atoms with E-state index in [-0.39, 0.29) is 6.54 Å². The molecule has 0 radical (unpaired) electrons. The Hall–Kier alpha value is -3.43.